The van der Waals surface area contributed by atoms with Gasteiger partial charge in [-0.2, -0.15) is 0 Å². The van der Waals surface area contributed by atoms with Gasteiger partial charge in [0.1, 0.15) is 0 Å². The monoisotopic (exact) mass is 283 g/mol. The average Bonchev–Trinajstić information content (AvgIpc) is 2.40. The molecule has 18 heavy (non-hydrogen) atoms. The lowest BCUT2D eigenvalue weighted by Crippen LogP contribution is -2.38. The zero-order chi connectivity index (χ0) is 13.0. The molecular formula is C15H23ClNP. The molecule has 0 bridgehead atoms. The van der Waals surface area contributed by atoms with Crippen molar-refractivity contribution in [1.82, 2.24) is 4.67 Å². The summed E-state index contributed by atoms with van der Waals surface area (Å²) >= 11 is 6.79. The largest absolute Gasteiger partial charge is 0.261 e. The Balaban J connectivity index is 2.14. The summed E-state index contributed by atoms with van der Waals surface area (Å²) < 4.78 is 2.56. The van der Waals surface area contributed by atoms with Crippen molar-refractivity contribution in [2.75, 3.05) is 0 Å². The van der Waals surface area contributed by atoms with Crippen LogP contribution in [0.4, 0.5) is 0 Å². The summed E-state index contributed by atoms with van der Waals surface area (Å²) in [5, 5.41) is 1.29. The second kappa shape index (κ2) is 6.89. The first-order valence-electron chi connectivity index (χ1n) is 6.99. The van der Waals surface area contributed by atoms with E-state index in [2.05, 4.69) is 48.8 Å². The van der Waals surface area contributed by atoms with E-state index >= 15 is 0 Å². The summed E-state index contributed by atoms with van der Waals surface area (Å²) in [7, 11) is -0.696. The fourth-order valence-electron chi connectivity index (χ4n) is 2.80. The summed E-state index contributed by atoms with van der Waals surface area (Å²) in [6, 6.07) is 11.8. The van der Waals surface area contributed by atoms with Gasteiger partial charge in [0.05, 0.1) is 7.43 Å². The fourth-order valence-corrected chi connectivity index (χ4v) is 5.64. The van der Waals surface area contributed by atoms with Crippen LogP contribution < -0.4 is 5.30 Å². The molecule has 1 atom stereocenters. The van der Waals surface area contributed by atoms with Gasteiger partial charge in [-0.05, 0) is 26.7 Å². The van der Waals surface area contributed by atoms with Crippen molar-refractivity contribution >= 4 is 24.0 Å². The summed E-state index contributed by atoms with van der Waals surface area (Å²) in [6.45, 7) is 4.55. The molecule has 2 rings (SSSR count). The zero-order valence-corrected chi connectivity index (χ0v) is 13.0. The van der Waals surface area contributed by atoms with E-state index in [1.165, 1.54) is 37.4 Å². The third-order valence-electron chi connectivity index (χ3n) is 3.65. The van der Waals surface area contributed by atoms with Crippen LogP contribution in [0.2, 0.25) is 0 Å². The maximum absolute atomic E-state index is 6.79. The molecule has 0 N–H and O–H groups in total. The molecule has 0 heterocycles. The molecule has 0 spiro atoms. The van der Waals surface area contributed by atoms with Crippen molar-refractivity contribution in [1.29, 1.82) is 0 Å². The Hall–Kier alpha value is -0.100. The summed E-state index contributed by atoms with van der Waals surface area (Å²) in [4.78, 5) is 0. The highest BCUT2D eigenvalue weighted by Gasteiger charge is 2.29. The molecular weight excluding hydrogens is 261 g/mol. The molecule has 0 radical (unpaired) electrons. The lowest BCUT2D eigenvalue weighted by molar-refractivity contribution is 0.234. The molecule has 1 fully saturated rings. The molecule has 0 aliphatic heterocycles. The van der Waals surface area contributed by atoms with Crippen LogP contribution in [0.3, 0.4) is 0 Å². The normalized spacial score (nSPS) is 19.4. The minimum Gasteiger partial charge on any atom is -0.261 e. The molecule has 100 valence electrons. The average molecular weight is 284 g/mol. The first-order valence-corrected chi connectivity index (χ1v) is 9.19. The Morgan fingerprint density at radius 1 is 1.11 bits per heavy atom. The molecule has 1 aliphatic carbocycles. The number of halogens is 1. The van der Waals surface area contributed by atoms with Crippen molar-refractivity contribution in [3.05, 3.63) is 30.3 Å². The minimum atomic E-state index is -0.696. The molecule has 1 saturated carbocycles. The zero-order valence-electron chi connectivity index (χ0n) is 11.3. The van der Waals surface area contributed by atoms with Gasteiger partial charge in [0.25, 0.3) is 0 Å². The van der Waals surface area contributed by atoms with Gasteiger partial charge >= 0.3 is 0 Å². The predicted octanol–water partition coefficient (Wildman–Crippen LogP) is 4.91. The summed E-state index contributed by atoms with van der Waals surface area (Å²) in [5.74, 6) is 0. The third-order valence-corrected chi connectivity index (χ3v) is 6.68. The van der Waals surface area contributed by atoms with Crippen molar-refractivity contribution in [3.63, 3.8) is 0 Å². The molecule has 1 aliphatic rings. The number of hydrogen-bond donors (Lipinski definition) is 0. The van der Waals surface area contributed by atoms with Gasteiger partial charge in [-0.1, -0.05) is 60.8 Å². The van der Waals surface area contributed by atoms with E-state index in [0.717, 1.165) is 0 Å². The Morgan fingerprint density at radius 2 is 1.72 bits per heavy atom. The van der Waals surface area contributed by atoms with Gasteiger partial charge in [0, 0.05) is 17.4 Å². The van der Waals surface area contributed by atoms with Crippen LogP contribution in [-0.2, 0) is 0 Å². The molecule has 0 aromatic heterocycles. The maximum atomic E-state index is 6.79. The van der Waals surface area contributed by atoms with E-state index in [4.69, 9.17) is 11.2 Å². The Kier molecular flexibility index (Phi) is 5.48. The van der Waals surface area contributed by atoms with E-state index in [1.54, 1.807) is 0 Å². The Bertz CT molecular complexity index is 349. The van der Waals surface area contributed by atoms with E-state index in [0.29, 0.717) is 12.1 Å². The number of hydrogen-bond acceptors (Lipinski definition) is 1. The third kappa shape index (κ3) is 3.47. The highest BCUT2D eigenvalue weighted by molar-refractivity contribution is 7.88. The summed E-state index contributed by atoms with van der Waals surface area (Å²) in [6.07, 6.45) is 6.76. The van der Waals surface area contributed by atoms with Crippen molar-refractivity contribution in [2.45, 2.75) is 58.0 Å². The van der Waals surface area contributed by atoms with Crippen LogP contribution in [0.15, 0.2) is 30.3 Å². The van der Waals surface area contributed by atoms with E-state index in [9.17, 15) is 0 Å². The first-order chi connectivity index (χ1) is 8.70. The van der Waals surface area contributed by atoms with Crippen molar-refractivity contribution in [2.24, 2.45) is 0 Å². The highest BCUT2D eigenvalue weighted by Crippen LogP contribution is 2.49. The van der Waals surface area contributed by atoms with Crippen LogP contribution in [0.5, 0.6) is 0 Å². The van der Waals surface area contributed by atoms with E-state index in [-0.39, 0.29) is 0 Å². The van der Waals surface area contributed by atoms with E-state index < -0.39 is 7.43 Å². The number of nitrogens with zero attached hydrogens (tertiary/aromatic N) is 1. The SMILES string of the molecule is CC(C)N(C1CCCCC1)P(Cl)c1ccccc1. The van der Waals surface area contributed by atoms with Gasteiger partial charge in [0.2, 0.25) is 0 Å². The number of rotatable bonds is 4. The Labute approximate surface area is 117 Å². The summed E-state index contributed by atoms with van der Waals surface area (Å²) in [5.41, 5.74) is 0. The van der Waals surface area contributed by atoms with Gasteiger partial charge in [-0.3, -0.25) is 4.67 Å². The predicted molar refractivity (Wildman–Crippen MR) is 82.7 cm³/mol. The molecule has 1 nitrogen and oxygen atoms in total. The minimum absolute atomic E-state index is 0.525. The highest BCUT2D eigenvalue weighted by atomic mass is 35.7. The quantitative estimate of drug-likeness (QED) is 0.710. The van der Waals surface area contributed by atoms with Gasteiger partial charge < -0.3 is 0 Å². The van der Waals surface area contributed by atoms with Crippen molar-refractivity contribution in [3.8, 4) is 0 Å². The topological polar surface area (TPSA) is 3.24 Å². The second-order valence-corrected chi connectivity index (χ2v) is 7.82. The lowest BCUT2D eigenvalue weighted by atomic mass is 9.95. The van der Waals surface area contributed by atoms with E-state index in [1.807, 2.05) is 0 Å². The fraction of sp³-hybridized carbons (Fsp3) is 0.600. The van der Waals surface area contributed by atoms with Gasteiger partial charge in [-0.25, -0.2) is 0 Å². The molecule has 1 unspecified atom stereocenters. The van der Waals surface area contributed by atoms with Crippen molar-refractivity contribution < 1.29 is 0 Å². The molecule has 3 heteroatoms. The second-order valence-electron chi connectivity index (χ2n) is 5.36. The first kappa shape index (κ1) is 14.3. The Morgan fingerprint density at radius 3 is 2.28 bits per heavy atom. The molecule has 1 aromatic carbocycles. The van der Waals surface area contributed by atoms with Crippen LogP contribution in [-0.4, -0.2) is 16.8 Å². The molecule has 0 saturated heterocycles. The molecule has 0 amide bonds. The van der Waals surface area contributed by atoms with Crippen LogP contribution >= 0.6 is 18.7 Å². The van der Waals surface area contributed by atoms with Gasteiger partial charge in [0.15, 0.2) is 0 Å². The standard InChI is InChI=1S/C15H23ClNP/c1-13(2)17(14-9-5-3-6-10-14)18(16)15-11-7-4-8-12-15/h4,7-8,11-14H,3,5-6,9-10H2,1-2H3. The van der Waals surface area contributed by atoms with Gasteiger partial charge in [-0.15, -0.1) is 0 Å². The lowest BCUT2D eigenvalue weighted by Gasteiger charge is -2.39. The van der Waals surface area contributed by atoms with Crippen LogP contribution in [0.25, 0.3) is 0 Å². The maximum Gasteiger partial charge on any atom is 0.0950 e. The number of benzene rings is 1. The smallest absolute Gasteiger partial charge is 0.0950 e. The van der Waals surface area contributed by atoms with Crippen LogP contribution in [0, 0.1) is 0 Å². The molecule has 1 aromatic rings. The van der Waals surface area contributed by atoms with Crippen LogP contribution in [0.1, 0.15) is 46.0 Å².